The first-order chi connectivity index (χ1) is 36.5. The van der Waals surface area contributed by atoms with Gasteiger partial charge in [-0.3, -0.25) is 14.2 Å². The molecule has 2 atom stereocenters. The Bertz CT molecular complexity index is 1360. The topological polar surface area (TPSA) is 111 Å². The SMILES string of the molecule is CCCCCCC/C=C\C/C=C\C/C=C\CCCCCCCCCCCCCCCCCCC(=O)OC(COC(=O)CCCCCCCCCCCCCCCCCCCCCC)COP(=O)([O-])OCC[N+](C)(C)C. The zero-order valence-electron chi connectivity index (χ0n) is 50.3. The predicted octanol–water partition coefficient (Wildman–Crippen LogP) is 19.7. The first-order valence-electron chi connectivity index (χ1n) is 32.2. The summed E-state index contributed by atoms with van der Waals surface area (Å²) in [7, 11) is 1.18. The van der Waals surface area contributed by atoms with Crippen LogP contribution in [0.1, 0.15) is 316 Å². The highest BCUT2D eigenvalue weighted by molar-refractivity contribution is 7.45. The van der Waals surface area contributed by atoms with E-state index in [4.69, 9.17) is 18.5 Å². The van der Waals surface area contributed by atoms with Crippen molar-refractivity contribution in [2.45, 2.75) is 322 Å². The van der Waals surface area contributed by atoms with E-state index in [1.54, 1.807) is 0 Å². The number of phosphoric ester groups is 1. The van der Waals surface area contributed by atoms with Crippen molar-refractivity contribution in [3.05, 3.63) is 36.5 Å². The second-order valence-electron chi connectivity index (χ2n) is 23.1. The first kappa shape index (κ1) is 73.2. The molecule has 0 radical (unpaired) electrons. The van der Waals surface area contributed by atoms with Crippen LogP contribution in [-0.2, 0) is 32.7 Å². The number of unbranched alkanes of at least 4 members (excludes halogenated alkanes) is 40. The molecule has 0 amide bonds. The Kier molecular flexibility index (Phi) is 55.6. The van der Waals surface area contributed by atoms with Crippen LogP contribution in [0.4, 0.5) is 0 Å². The van der Waals surface area contributed by atoms with Crippen molar-refractivity contribution in [1.29, 1.82) is 0 Å². The normalized spacial score (nSPS) is 13.4. The van der Waals surface area contributed by atoms with Crippen molar-refractivity contribution < 1.29 is 42.1 Å². The number of carbonyl (C=O) groups excluding carboxylic acids is 2. The molecule has 0 spiro atoms. The molecule has 2 unspecified atom stereocenters. The minimum Gasteiger partial charge on any atom is -0.756 e. The number of likely N-dealkylation sites (N-methyl/N-ethyl adjacent to an activating group) is 1. The number of hydrogen-bond donors (Lipinski definition) is 0. The average molecular weight is 1080 g/mol. The number of allylic oxidation sites excluding steroid dienone is 6. The second kappa shape index (κ2) is 56.9. The van der Waals surface area contributed by atoms with E-state index in [-0.39, 0.29) is 32.0 Å². The van der Waals surface area contributed by atoms with Gasteiger partial charge in [0.05, 0.1) is 27.7 Å². The van der Waals surface area contributed by atoms with Crippen LogP contribution in [0.3, 0.4) is 0 Å². The standard InChI is InChI=1S/C65H124NO8P/c1-6-8-10-12-14-16-18-20-22-24-26-28-29-30-31-32-33-34-35-36-37-38-40-42-44-46-48-50-52-54-56-58-65(68)74-63(62-73-75(69,70)72-60-59-66(3,4)5)61-71-64(67)57-55-53-51-49-47-45-43-41-39-27-25-23-21-19-17-15-13-11-9-7-2/h18,20,24,26,29-30,63H,6-17,19,21-23,25,27-28,31-62H2,1-5H3/b20-18-,26-24-,30-29-. The van der Waals surface area contributed by atoms with E-state index in [1.165, 1.54) is 231 Å². The van der Waals surface area contributed by atoms with Gasteiger partial charge in [0.15, 0.2) is 6.10 Å². The lowest BCUT2D eigenvalue weighted by Crippen LogP contribution is -2.37. The Balaban J connectivity index is 4.04. The number of quaternary nitrogens is 1. The van der Waals surface area contributed by atoms with Gasteiger partial charge in [-0.05, 0) is 51.4 Å². The molecule has 0 aromatic carbocycles. The Morgan fingerprint density at radius 3 is 1.07 bits per heavy atom. The van der Waals surface area contributed by atoms with Crippen LogP contribution in [0.5, 0.6) is 0 Å². The van der Waals surface area contributed by atoms with E-state index in [0.29, 0.717) is 17.4 Å². The molecule has 0 aromatic rings. The van der Waals surface area contributed by atoms with Crippen LogP contribution in [0.25, 0.3) is 0 Å². The summed E-state index contributed by atoms with van der Waals surface area (Å²) in [5.74, 6) is -0.815. The highest BCUT2D eigenvalue weighted by Gasteiger charge is 2.22. The zero-order chi connectivity index (χ0) is 54.9. The van der Waals surface area contributed by atoms with Crippen LogP contribution in [0, 0.1) is 0 Å². The summed E-state index contributed by atoms with van der Waals surface area (Å²) in [4.78, 5) is 38.0. The largest absolute Gasteiger partial charge is 0.756 e. The molecule has 0 aliphatic heterocycles. The van der Waals surface area contributed by atoms with Gasteiger partial charge < -0.3 is 27.9 Å². The quantitative estimate of drug-likeness (QED) is 0.0195. The molecule has 442 valence electrons. The molecule has 0 aromatic heterocycles. The van der Waals surface area contributed by atoms with Gasteiger partial charge in [0.25, 0.3) is 7.82 Å². The monoisotopic (exact) mass is 1080 g/mol. The van der Waals surface area contributed by atoms with E-state index in [9.17, 15) is 19.0 Å². The second-order valence-corrected chi connectivity index (χ2v) is 24.5. The van der Waals surface area contributed by atoms with Gasteiger partial charge >= 0.3 is 11.9 Å². The number of nitrogens with zero attached hydrogens (tertiary/aromatic N) is 1. The summed E-state index contributed by atoms with van der Waals surface area (Å²) in [5.41, 5.74) is 0. The number of hydrogen-bond acceptors (Lipinski definition) is 8. The van der Waals surface area contributed by atoms with Crippen molar-refractivity contribution in [3.8, 4) is 0 Å². The zero-order valence-corrected chi connectivity index (χ0v) is 51.2. The van der Waals surface area contributed by atoms with Crippen LogP contribution < -0.4 is 4.89 Å². The fourth-order valence-electron chi connectivity index (χ4n) is 9.43. The van der Waals surface area contributed by atoms with Crippen LogP contribution in [0.2, 0.25) is 0 Å². The molecule has 0 saturated heterocycles. The van der Waals surface area contributed by atoms with Crippen molar-refractivity contribution in [3.63, 3.8) is 0 Å². The van der Waals surface area contributed by atoms with Crippen LogP contribution in [-0.4, -0.2) is 70.0 Å². The summed E-state index contributed by atoms with van der Waals surface area (Å²) >= 11 is 0. The third-order valence-electron chi connectivity index (χ3n) is 14.4. The summed E-state index contributed by atoms with van der Waals surface area (Å²) in [6.07, 6.45) is 70.6. The number of carbonyl (C=O) groups is 2. The lowest BCUT2D eigenvalue weighted by Gasteiger charge is -2.28. The molecule has 75 heavy (non-hydrogen) atoms. The smallest absolute Gasteiger partial charge is 0.306 e. The first-order valence-corrected chi connectivity index (χ1v) is 33.7. The van der Waals surface area contributed by atoms with Crippen molar-refractivity contribution in [2.75, 3.05) is 47.5 Å². The summed E-state index contributed by atoms with van der Waals surface area (Å²) < 4.78 is 34.3. The lowest BCUT2D eigenvalue weighted by molar-refractivity contribution is -0.870. The molecule has 0 aliphatic carbocycles. The summed E-state index contributed by atoms with van der Waals surface area (Å²) in [6.45, 7) is 4.29. The highest BCUT2D eigenvalue weighted by atomic mass is 31.2. The fourth-order valence-corrected chi connectivity index (χ4v) is 10.2. The van der Waals surface area contributed by atoms with E-state index in [2.05, 4.69) is 50.3 Å². The van der Waals surface area contributed by atoms with E-state index < -0.39 is 26.5 Å². The lowest BCUT2D eigenvalue weighted by atomic mass is 10.0. The Morgan fingerprint density at radius 2 is 0.720 bits per heavy atom. The van der Waals surface area contributed by atoms with Gasteiger partial charge in [0.2, 0.25) is 0 Å². The van der Waals surface area contributed by atoms with Gasteiger partial charge in [-0.15, -0.1) is 0 Å². The molecule has 9 nitrogen and oxygen atoms in total. The molecule has 0 aliphatic rings. The molecule has 10 heteroatoms. The van der Waals surface area contributed by atoms with Gasteiger partial charge in [-0.2, -0.15) is 0 Å². The van der Waals surface area contributed by atoms with Crippen molar-refractivity contribution in [1.82, 2.24) is 0 Å². The molecule has 0 heterocycles. The fraction of sp³-hybridized carbons (Fsp3) is 0.877. The molecule has 0 fully saturated rings. The summed E-state index contributed by atoms with van der Waals surface area (Å²) in [6, 6.07) is 0. The van der Waals surface area contributed by atoms with Crippen molar-refractivity contribution >= 4 is 19.8 Å². The van der Waals surface area contributed by atoms with Crippen LogP contribution in [0.15, 0.2) is 36.5 Å². The maximum absolute atomic E-state index is 12.8. The Hall–Kier alpha value is -1.77. The Labute approximate surface area is 465 Å². The third-order valence-corrected chi connectivity index (χ3v) is 15.4. The van der Waals surface area contributed by atoms with Gasteiger partial charge in [0.1, 0.15) is 19.8 Å². The molecule has 0 rings (SSSR count). The van der Waals surface area contributed by atoms with Gasteiger partial charge in [-0.25, -0.2) is 0 Å². The number of phosphoric acid groups is 1. The molecule has 0 bridgehead atoms. The predicted molar refractivity (Wildman–Crippen MR) is 319 cm³/mol. The van der Waals surface area contributed by atoms with Gasteiger partial charge in [-0.1, -0.05) is 288 Å². The minimum absolute atomic E-state index is 0.0282. The average Bonchev–Trinajstić information content (AvgIpc) is 3.37. The van der Waals surface area contributed by atoms with Crippen LogP contribution >= 0.6 is 7.82 Å². The third kappa shape index (κ3) is 61.3. The molecule has 0 saturated carbocycles. The van der Waals surface area contributed by atoms with E-state index in [1.807, 2.05) is 21.1 Å². The summed E-state index contributed by atoms with van der Waals surface area (Å²) in [5, 5.41) is 0. The maximum Gasteiger partial charge on any atom is 0.306 e. The van der Waals surface area contributed by atoms with E-state index >= 15 is 0 Å². The maximum atomic E-state index is 12.8. The van der Waals surface area contributed by atoms with Crippen molar-refractivity contribution in [2.24, 2.45) is 0 Å². The number of rotatable bonds is 60. The van der Waals surface area contributed by atoms with E-state index in [0.717, 1.165) is 51.4 Å². The minimum atomic E-state index is -4.63. The number of esters is 2. The Morgan fingerprint density at radius 1 is 0.413 bits per heavy atom. The highest BCUT2D eigenvalue weighted by Crippen LogP contribution is 2.38. The molecular formula is C65H124NO8P. The molecular weight excluding hydrogens is 954 g/mol. The number of ether oxygens (including phenoxy) is 2. The molecule has 0 N–H and O–H groups in total. The van der Waals surface area contributed by atoms with Gasteiger partial charge in [0, 0.05) is 12.8 Å².